The summed E-state index contributed by atoms with van der Waals surface area (Å²) in [6, 6.07) is 7.62. The zero-order valence-electron chi connectivity index (χ0n) is 16.0. The lowest BCUT2D eigenvalue weighted by molar-refractivity contribution is -0.122. The number of carbonyl (C=O) groups is 1. The second-order valence-corrected chi connectivity index (χ2v) is 8.13. The van der Waals surface area contributed by atoms with Gasteiger partial charge >= 0.3 is 0 Å². The van der Waals surface area contributed by atoms with Crippen molar-refractivity contribution in [1.82, 2.24) is 14.9 Å². The van der Waals surface area contributed by atoms with Gasteiger partial charge in [-0.15, -0.1) is 0 Å². The van der Waals surface area contributed by atoms with Crippen molar-refractivity contribution in [2.75, 3.05) is 0 Å². The Labute approximate surface area is 154 Å². The van der Waals surface area contributed by atoms with Crippen molar-refractivity contribution in [1.29, 1.82) is 0 Å². The summed E-state index contributed by atoms with van der Waals surface area (Å²) in [5.41, 5.74) is 1.55. The number of hydrogen-bond acceptors (Lipinski definition) is 3. The minimum absolute atomic E-state index is 0.0439. The van der Waals surface area contributed by atoms with E-state index in [0.717, 1.165) is 37.1 Å². The molecule has 1 saturated carbocycles. The molecule has 0 aliphatic heterocycles. The molecule has 5 heteroatoms. The van der Waals surface area contributed by atoms with E-state index in [1.807, 2.05) is 24.3 Å². The monoisotopic (exact) mass is 355 g/mol. The van der Waals surface area contributed by atoms with Gasteiger partial charge < -0.3 is 5.32 Å². The molecule has 0 saturated heterocycles. The van der Waals surface area contributed by atoms with Gasteiger partial charge in [0.25, 0.3) is 5.56 Å². The van der Waals surface area contributed by atoms with E-state index in [-0.39, 0.29) is 24.1 Å². The molecular formula is C21H29N3O2. The second-order valence-electron chi connectivity index (χ2n) is 8.13. The molecule has 1 aliphatic rings. The van der Waals surface area contributed by atoms with E-state index in [2.05, 4.69) is 31.1 Å². The van der Waals surface area contributed by atoms with Crippen LogP contribution in [0.4, 0.5) is 0 Å². The van der Waals surface area contributed by atoms with E-state index in [0.29, 0.717) is 10.9 Å². The van der Waals surface area contributed by atoms with E-state index in [1.165, 1.54) is 17.2 Å². The summed E-state index contributed by atoms with van der Waals surface area (Å²) in [7, 11) is 0. The summed E-state index contributed by atoms with van der Waals surface area (Å²) in [5.74, 6) is 0.633. The van der Waals surface area contributed by atoms with Crippen molar-refractivity contribution in [3.8, 4) is 0 Å². The minimum Gasteiger partial charge on any atom is -0.352 e. The highest BCUT2D eigenvalue weighted by molar-refractivity contribution is 5.80. The third-order valence-corrected chi connectivity index (χ3v) is 6.16. The van der Waals surface area contributed by atoms with Crippen LogP contribution in [0.2, 0.25) is 0 Å². The lowest BCUT2D eigenvalue weighted by atomic mass is 9.69. The largest absolute Gasteiger partial charge is 0.352 e. The fraction of sp³-hybridized carbons (Fsp3) is 0.571. The SMILES string of the molecule is CCC(C)(C)C1CCC(NC(=O)Cn2c(=O)cnc3ccccc32)CC1. The fourth-order valence-electron chi connectivity index (χ4n) is 4.00. The van der Waals surface area contributed by atoms with Crippen LogP contribution in [0.25, 0.3) is 11.0 Å². The molecule has 140 valence electrons. The van der Waals surface area contributed by atoms with Crippen molar-refractivity contribution in [2.24, 2.45) is 11.3 Å². The van der Waals surface area contributed by atoms with Crippen LogP contribution >= 0.6 is 0 Å². The van der Waals surface area contributed by atoms with Gasteiger partial charge in [-0.25, -0.2) is 4.98 Å². The summed E-state index contributed by atoms with van der Waals surface area (Å²) in [4.78, 5) is 28.8. The topological polar surface area (TPSA) is 64.0 Å². The molecule has 26 heavy (non-hydrogen) atoms. The zero-order chi connectivity index (χ0) is 18.7. The molecule has 5 nitrogen and oxygen atoms in total. The first kappa shape index (κ1) is 18.6. The molecule has 0 spiro atoms. The van der Waals surface area contributed by atoms with Crippen LogP contribution in [-0.2, 0) is 11.3 Å². The average molecular weight is 355 g/mol. The number of aromatic nitrogens is 2. The molecule has 1 aromatic heterocycles. The Bertz CT molecular complexity index is 833. The van der Waals surface area contributed by atoms with Gasteiger partial charge in [0, 0.05) is 6.04 Å². The number of rotatable bonds is 5. The van der Waals surface area contributed by atoms with Gasteiger partial charge in [-0.1, -0.05) is 39.3 Å². The van der Waals surface area contributed by atoms with Gasteiger partial charge in [-0.2, -0.15) is 0 Å². The van der Waals surface area contributed by atoms with E-state index in [4.69, 9.17) is 0 Å². The summed E-state index contributed by atoms with van der Waals surface area (Å²) < 4.78 is 1.50. The van der Waals surface area contributed by atoms with Crippen LogP contribution in [0.1, 0.15) is 52.9 Å². The smallest absolute Gasteiger partial charge is 0.269 e. The van der Waals surface area contributed by atoms with Gasteiger partial charge in [0.1, 0.15) is 6.54 Å². The number of fused-ring (bicyclic) bond motifs is 1. The highest BCUT2D eigenvalue weighted by atomic mass is 16.2. The first-order valence-corrected chi connectivity index (χ1v) is 9.64. The molecule has 0 unspecified atom stereocenters. The van der Waals surface area contributed by atoms with E-state index in [1.54, 1.807) is 0 Å². The Hall–Kier alpha value is -2.17. The average Bonchev–Trinajstić information content (AvgIpc) is 2.64. The quantitative estimate of drug-likeness (QED) is 0.893. The summed E-state index contributed by atoms with van der Waals surface area (Å²) >= 11 is 0. The highest BCUT2D eigenvalue weighted by Gasteiger charge is 2.32. The van der Waals surface area contributed by atoms with Crippen LogP contribution in [0.3, 0.4) is 0 Å². The van der Waals surface area contributed by atoms with Crippen LogP contribution in [0.15, 0.2) is 35.3 Å². The number of benzene rings is 1. The predicted octanol–water partition coefficient (Wildman–Crippen LogP) is 3.51. The Kier molecular flexibility index (Phi) is 5.44. The van der Waals surface area contributed by atoms with Gasteiger partial charge in [-0.05, 0) is 49.1 Å². The number of nitrogens with zero attached hydrogens (tertiary/aromatic N) is 2. The molecular weight excluding hydrogens is 326 g/mol. The standard InChI is InChI=1S/C21H29N3O2/c1-4-21(2,3)15-9-11-16(12-10-15)23-19(25)14-24-18-8-6-5-7-17(18)22-13-20(24)26/h5-8,13,15-16H,4,9-12,14H2,1-3H3,(H,23,25). The fourth-order valence-corrected chi connectivity index (χ4v) is 4.00. The molecule has 3 rings (SSSR count). The molecule has 0 bridgehead atoms. The van der Waals surface area contributed by atoms with E-state index in [9.17, 15) is 9.59 Å². The Morgan fingerprint density at radius 3 is 2.62 bits per heavy atom. The predicted molar refractivity (Wildman–Crippen MR) is 104 cm³/mol. The first-order valence-electron chi connectivity index (χ1n) is 9.64. The first-order chi connectivity index (χ1) is 12.4. The maximum atomic E-state index is 12.5. The number of para-hydroxylation sites is 2. The summed E-state index contributed by atoms with van der Waals surface area (Å²) in [6.45, 7) is 6.99. The molecule has 1 aliphatic carbocycles. The molecule has 1 N–H and O–H groups in total. The van der Waals surface area contributed by atoms with Crippen molar-refractivity contribution in [3.05, 3.63) is 40.8 Å². The van der Waals surface area contributed by atoms with Crippen LogP contribution in [0.5, 0.6) is 0 Å². The lowest BCUT2D eigenvalue weighted by Crippen LogP contribution is -2.42. The maximum absolute atomic E-state index is 12.5. The third-order valence-electron chi connectivity index (χ3n) is 6.16. The molecule has 2 aromatic rings. The van der Waals surface area contributed by atoms with E-state index >= 15 is 0 Å². The summed E-state index contributed by atoms with van der Waals surface area (Å²) in [6.07, 6.45) is 6.83. The van der Waals surface area contributed by atoms with Crippen LogP contribution < -0.4 is 10.9 Å². The molecule has 0 atom stereocenters. The summed E-state index contributed by atoms with van der Waals surface area (Å²) in [5, 5.41) is 3.13. The number of nitrogens with one attached hydrogen (secondary N) is 1. The molecule has 1 aromatic carbocycles. The molecule has 1 amide bonds. The van der Waals surface area contributed by atoms with Crippen LogP contribution in [-0.4, -0.2) is 21.5 Å². The highest BCUT2D eigenvalue weighted by Crippen LogP contribution is 2.40. The maximum Gasteiger partial charge on any atom is 0.269 e. The lowest BCUT2D eigenvalue weighted by Gasteiger charge is -2.39. The number of hydrogen-bond donors (Lipinski definition) is 1. The van der Waals surface area contributed by atoms with Crippen molar-refractivity contribution in [3.63, 3.8) is 0 Å². The van der Waals surface area contributed by atoms with Gasteiger partial charge in [-0.3, -0.25) is 14.2 Å². The van der Waals surface area contributed by atoms with Crippen molar-refractivity contribution >= 4 is 16.9 Å². The van der Waals surface area contributed by atoms with Crippen molar-refractivity contribution in [2.45, 2.75) is 65.5 Å². The van der Waals surface area contributed by atoms with Crippen LogP contribution in [0, 0.1) is 11.3 Å². The Morgan fingerprint density at radius 1 is 1.23 bits per heavy atom. The number of carbonyl (C=O) groups excluding carboxylic acids is 1. The second kappa shape index (κ2) is 7.60. The van der Waals surface area contributed by atoms with Gasteiger partial charge in [0.2, 0.25) is 5.91 Å². The Balaban J connectivity index is 1.63. The third kappa shape index (κ3) is 3.97. The molecule has 0 radical (unpaired) electrons. The van der Waals surface area contributed by atoms with Gasteiger partial charge in [0.15, 0.2) is 0 Å². The molecule has 1 heterocycles. The van der Waals surface area contributed by atoms with Crippen molar-refractivity contribution < 1.29 is 4.79 Å². The normalized spacial score (nSPS) is 20.9. The molecule has 1 fully saturated rings. The Morgan fingerprint density at radius 2 is 1.92 bits per heavy atom. The minimum atomic E-state index is -0.243. The zero-order valence-corrected chi connectivity index (χ0v) is 16.0. The van der Waals surface area contributed by atoms with E-state index < -0.39 is 0 Å². The van der Waals surface area contributed by atoms with Gasteiger partial charge in [0.05, 0.1) is 17.2 Å². The number of amides is 1.